The lowest BCUT2D eigenvalue weighted by Gasteiger charge is -2.34. The number of benzene rings is 2. The van der Waals surface area contributed by atoms with Gasteiger partial charge in [0, 0.05) is 64.5 Å². The zero-order valence-corrected chi connectivity index (χ0v) is 21.2. The second-order valence-corrected chi connectivity index (χ2v) is 9.68. The van der Waals surface area contributed by atoms with Crippen LogP contribution in [0.2, 0.25) is 0 Å². The van der Waals surface area contributed by atoms with E-state index < -0.39 is 6.10 Å². The van der Waals surface area contributed by atoms with Crippen molar-refractivity contribution in [1.29, 1.82) is 0 Å². The quantitative estimate of drug-likeness (QED) is 0.485. The van der Waals surface area contributed by atoms with Crippen LogP contribution in [0, 0.1) is 0 Å². The Morgan fingerprint density at radius 3 is 2.50 bits per heavy atom. The Morgan fingerprint density at radius 2 is 1.72 bits per heavy atom. The number of amides is 1. The maximum absolute atomic E-state index is 12.7. The van der Waals surface area contributed by atoms with Gasteiger partial charge in [-0.1, -0.05) is 36.4 Å². The molecule has 36 heavy (non-hydrogen) atoms. The average Bonchev–Trinajstić information content (AvgIpc) is 2.88. The Balaban J connectivity index is 1.19. The highest BCUT2D eigenvalue weighted by Gasteiger charge is 2.21. The van der Waals surface area contributed by atoms with E-state index >= 15 is 0 Å². The third-order valence-corrected chi connectivity index (χ3v) is 6.90. The predicted octanol–water partition coefficient (Wildman–Crippen LogP) is 1.52. The third kappa shape index (κ3) is 7.61. The SMILES string of the molecule is CCOC(=O)CN1CCN(Cc2cccc(C(=O)NCC(O)CN3CCc4ccccc4C3)c2)CC1. The average molecular weight is 495 g/mol. The van der Waals surface area contributed by atoms with Crippen LogP contribution in [0.25, 0.3) is 0 Å². The smallest absolute Gasteiger partial charge is 0.320 e. The summed E-state index contributed by atoms with van der Waals surface area (Å²) in [5.41, 5.74) is 4.38. The van der Waals surface area contributed by atoms with Crippen LogP contribution in [0.3, 0.4) is 0 Å². The van der Waals surface area contributed by atoms with E-state index in [1.165, 1.54) is 11.1 Å². The molecule has 1 saturated heterocycles. The van der Waals surface area contributed by atoms with Gasteiger partial charge in [-0.2, -0.15) is 0 Å². The molecule has 2 aliphatic rings. The number of carbonyl (C=O) groups excluding carboxylic acids is 2. The Labute approximate surface area is 213 Å². The summed E-state index contributed by atoms with van der Waals surface area (Å²) in [6.07, 6.45) is 0.371. The first-order valence-corrected chi connectivity index (χ1v) is 12.9. The molecule has 0 bridgehead atoms. The molecule has 0 spiro atoms. The Kier molecular flexibility index (Phi) is 9.47. The van der Waals surface area contributed by atoms with Crippen molar-refractivity contribution in [2.24, 2.45) is 0 Å². The topological polar surface area (TPSA) is 85.3 Å². The monoisotopic (exact) mass is 494 g/mol. The highest BCUT2D eigenvalue weighted by Crippen LogP contribution is 2.18. The third-order valence-electron chi connectivity index (χ3n) is 6.90. The minimum atomic E-state index is -0.617. The summed E-state index contributed by atoms with van der Waals surface area (Å²) in [5.74, 6) is -0.338. The van der Waals surface area contributed by atoms with Crippen molar-refractivity contribution in [3.63, 3.8) is 0 Å². The van der Waals surface area contributed by atoms with Gasteiger partial charge in [0.15, 0.2) is 0 Å². The van der Waals surface area contributed by atoms with Gasteiger partial charge in [-0.3, -0.25) is 24.3 Å². The number of β-amino-alcohol motifs (C(OH)–C–C–N with tert-alkyl or cyclic N) is 1. The standard InChI is InChI=1S/C28H38N4O4/c1-2-36-27(34)21-31-14-12-30(13-15-31)18-22-6-5-9-24(16-22)28(35)29-17-26(33)20-32-11-10-23-7-3-4-8-25(23)19-32/h3-9,16,26,33H,2,10-15,17-21H2,1H3,(H,29,35). The van der Waals surface area contributed by atoms with Crippen LogP contribution >= 0.6 is 0 Å². The number of carbonyl (C=O) groups is 2. The van der Waals surface area contributed by atoms with Gasteiger partial charge in [0.25, 0.3) is 5.91 Å². The number of nitrogens with one attached hydrogen (secondary N) is 1. The minimum Gasteiger partial charge on any atom is -0.465 e. The molecule has 2 aliphatic heterocycles. The normalized spacial score (nSPS) is 17.8. The van der Waals surface area contributed by atoms with Gasteiger partial charge in [-0.15, -0.1) is 0 Å². The number of aliphatic hydroxyl groups is 1. The van der Waals surface area contributed by atoms with Crippen LogP contribution in [0.5, 0.6) is 0 Å². The molecule has 0 saturated carbocycles. The number of fused-ring (bicyclic) bond motifs is 1. The van der Waals surface area contributed by atoms with Crippen molar-refractivity contribution >= 4 is 11.9 Å². The lowest BCUT2D eigenvalue weighted by Crippen LogP contribution is -2.47. The highest BCUT2D eigenvalue weighted by molar-refractivity contribution is 5.94. The largest absolute Gasteiger partial charge is 0.465 e. The molecule has 1 atom stereocenters. The van der Waals surface area contributed by atoms with Gasteiger partial charge in [0.05, 0.1) is 19.3 Å². The van der Waals surface area contributed by atoms with Crippen molar-refractivity contribution in [3.05, 3.63) is 70.8 Å². The summed E-state index contributed by atoms with van der Waals surface area (Å²) in [4.78, 5) is 31.1. The number of hydrogen-bond acceptors (Lipinski definition) is 7. The zero-order valence-electron chi connectivity index (χ0n) is 21.2. The first-order valence-electron chi connectivity index (χ1n) is 12.9. The summed E-state index contributed by atoms with van der Waals surface area (Å²) in [6.45, 7) is 9.21. The van der Waals surface area contributed by atoms with E-state index in [2.05, 4.69) is 44.3 Å². The van der Waals surface area contributed by atoms with Crippen LogP contribution in [-0.2, 0) is 29.0 Å². The first kappa shape index (κ1) is 26.3. The molecular weight excluding hydrogens is 456 g/mol. The maximum atomic E-state index is 12.7. The van der Waals surface area contributed by atoms with Crippen molar-refractivity contribution in [2.75, 3.05) is 59.0 Å². The van der Waals surface area contributed by atoms with Gasteiger partial charge in [-0.25, -0.2) is 0 Å². The second kappa shape index (κ2) is 13.0. The first-order chi connectivity index (χ1) is 17.5. The molecule has 1 amide bonds. The van der Waals surface area contributed by atoms with E-state index in [-0.39, 0.29) is 18.4 Å². The van der Waals surface area contributed by atoms with Gasteiger partial charge < -0.3 is 15.2 Å². The van der Waals surface area contributed by atoms with Crippen molar-refractivity contribution in [3.8, 4) is 0 Å². The Morgan fingerprint density at radius 1 is 0.972 bits per heavy atom. The van der Waals surface area contributed by atoms with E-state index in [9.17, 15) is 14.7 Å². The van der Waals surface area contributed by atoms with Crippen LogP contribution in [0.4, 0.5) is 0 Å². The van der Waals surface area contributed by atoms with Crippen molar-refractivity contribution < 1.29 is 19.4 Å². The molecule has 8 heteroatoms. The zero-order chi connectivity index (χ0) is 25.3. The Hall–Kier alpha value is -2.78. The van der Waals surface area contributed by atoms with Gasteiger partial charge in [0.1, 0.15) is 0 Å². The van der Waals surface area contributed by atoms with Crippen LogP contribution < -0.4 is 5.32 Å². The summed E-state index contributed by atoms with van der Waals surface area (Å²) in [5, 5.41) is 13.4. The number of esters is 1. The van der Waals surface area contributed by atoms with E-state index in [1.807, 2.05) is 31.2 Å². The molecule has 2 aromatic rings. The van der Waals surface area contributed by atoms with E-state index in [4.69, 9.17) is 4.74 Å². The fourth-order valence-corrected chi connectivity index (χ4v) is 4.95. The fraction of sp³-hybridized carbons (Fsp3) is 0.500. The molecule has 4 rings (SSSR count). The molecule has 0 radical (unpaired) electrons. The maximum Gasteiger partial charge on any atom is 0.320 e. The second-order valence-electron chi connectivity index (χ2n) is 9.68. The molecule has 8 nitrogen and oxygen atoms in total. The highest BCUT2D eigenvalue weighted by atomic mass is 16.5. The van der Waals surface area contributed by atoms with Crippen LogP contribution in [0.15, 0.2) is 48.5 Å². The van der Waals surface area contributed by atoms with E-state index in [0.717, 1.165) is 57.8 Å². The molecule has 0 aromatic heterocycles. The van der Waals surface area contributed by atoms with E-state index in [1.54, 1.807) is 0 Å². The van der Waals surface area contributed by atoms with Gasteiger partial charge >= 0.3 is 5.97 Å². The molecule has 2 aromatic carbocycles. The predicted molar refractivity (Wildman–Crippen MR) is 139 cm³/mol. The molecular formula is C28H38N4O4. The number of piperazine rings is 1. The molecule has 2 N–H and O–H groups in total. The Bertz CT molecular complexity index is 1020. The van der Waals surface area contributed by atoms with Crippen LogP contribution in [-0.4, -0.2) is 96.8 Å². The molecule has 194 valence electrons. The van der Waals surface area contributed by atoms with Crippen molar-refractivity contribution in [1.82, 2.24) is 20.0 Å². The molecule has 0 aliphatic carbocycles. The van der Waals surface area contributed by atoms with Crippen molar-refractivity contribution in [2.45, 2.75) is 32.5 Å². The number of nitrogens with zero attached hydrogens (tertiary/aromatic N) is 3. The number of rotatable bonds is 10. The van der Waals surface area contributed by atoms with Gasteiger partial charge in [0.2, 0.25) is 0 Å². The summed E-state index contributed by atoms with van der Waals surface area (Å²) < 4.78 is 5.04. The molecule has 1 unspecified atom stereocenters. The van der Waals surface area contributed by atoms with E-state index in [0.29, 0.717) is 25.3 Å². The summed E-state index contributed by atoms with van der Waals surface area (Å²) in [6, 6.07) is 16.1. The summed E-state index contributed by atoms with van der Waals surface area (Å²) in [7, 11) is 0. The lowest BCUT2D eigenvalue weighted by atomic mass is 10.00. The molecule has 1 fully saturated rings. The number of ether oxygens (including phenoxy) is 1. The fourth-order valence-electron chi connectivity index (χ4n) is 4.95. The molecule has 2 heterocycles. The minimum absolute atomic E-state index is 0.167. The van der Waals surface area contributed by atoms with Crippen LogP contribution in [0.1, 0.15) is 34.0 Å². The van der Waals surface area contributed by atoms with Gasteiger partial charge in [-0.05, 0) is 42.2 Å². The lowest BCUT2D eigenvalue weighted by molar-refractivity contribution is -0.144. The number of aliphatic hydroxyl groups excluding tert-OH is 1. The number of hydrogen-bond donors (Lipinski definition) is 2. The summed E-state index contributed by atoms with van der Waals surface area (Å²) >= 11 is 0.